The van der Waals surface area contributed by atoms with Gasteiger partial charge in [-0.25, -0.2) is 0 Å². The molecule has 1 aromatic rings. The number of hydrogen-bond acceptors (Lipinski definition) is 3. The summed E-state index contributed by atoms with van der Waals surface area (Å²) in [5.41, 5.74) is 1.22. The van der Waals surface area contributed by atoms with Crippen molar-refractivity contribution in [2.75, 3.05) is 20.3 Å². The van der Waals surface area contributed by atoms with Crippen LogP contribution in [0.4, 0.5) is 0 Å². The Morgan fingerprint density at radius 2 is 2.20 bits per heavy atom. The molecule has 1 rings (SSSR count). The van der Waals surface area contributed by atoms with Gasteiger partial charge in [-0.3, -0.25) is 0 Å². The van der Waals surface area contributed by atoms with Crippen molar-refractivity contribution in [2.24, 2.45) is 0 Å². The number of rotatable bonds is 7. The van der Waals surface area contributed by atoms with Crippen molar-refractivity contribution in [3.63, 3.8) is 0 Å². The average molecular weight is 209 g/mol. The molecule has 2 N–H and O–H groups in total. The summed E-state index contributed by atoms with van der Waals surface area (Å²) < 4.78 is 5.56. The van der Waals surface area contributed by atoms with Crippen LogP contribution in [-0.4, -0.2) is 25.4 Å². The van der Waals surface area contributed by atoms with E-state index in [4.69, 9.17) is 9.84 Å². The van der Waals surface area contributed by atoms with E-state index in [-0.39, 0.29) is 6.61 Å². The Kier molecular flexibility index (Phi) is 5.81. The molecule has 0 heterocycles. The second-order valence-electron chi connectivity index (χ2n) is 3.46. The second-order valence-corrected chi connectivity index (χ2v) is 3.46. The van der Waals surface area contributed by atoms with E-state index < -0.39 is 0 Å². The molecule has 0 bridgehead atoms. The Hall–Kier alpha value is -1.06. The molecule has 0 saturated carbocycles. The van der Waals surface area contributed by atoms with Crippen LogP contribution in [0.5, 0.6) is 5.75 Å². The minimum absolute atomic E-state index is 0.239. The molecule has 0 radical (unpaired) electrons. The molecule has 0 fully saturated rings. The molecule has 0 aliphatic heterocycles. The molecule has 0 spiro atoms. The van der Waals surface area contributed by atoms with Gasteiger partial charge in [0.25, 0.3) is 0 Å². The van der Waals surface area contributed by atoms with Gasteiger partial charge in [0.05, 0.1) is 6.61 Å². The summed E-state index contributed by atoms with van der Waals surface area (Å²) >= 11 is 0. The molecule has 15 heavy (non-hydrogen) atoms. The highest BCUT2D eigenvalue weighted by atomic mass is 16.5. The monoisotopic (exact) mass is 209 g/mol. The number of ether oxygens (including phenoxy) is 1. The van der Waals surface area contributed by atoms with Crippen LogP contribution in [0, 0.1) is 0 Å². The van der Waals surface area contributed by atoms with Crippen LogP contribution >= 0.6 is 0 Å². The van der Waals surface area contributed by atoms with Gasteiger partial charge in [-0.05, 0) is 37.6 Å². The molecule has 1 aromatic carbocycles. The number of nitrogens with one attached hydrogen (secondary N) is 1. The van der Waals surface area contributed by atoms with E-state index in [1.54, 1.807) is 0 Å². The Labute approximate surface area is 91.1 Å². The minimum atomic E-state index is 0.239. The third-order valence-electron chi connectivity index (χ3n) is 2.10. The Morgan fingerprint density at radius 1 is 1.33 bits per heavy atom. The summed E-state index contributed by atoms with van der Waals surface area (Å²) in [4.78, 5) is 0. The van der Waals surface area contributed by atoms with Crippen LogP contribution < -0.4 is 10.1 Å². The number of hydrogen-bond donors (Lipinski definition) is 2. The lowest BCUT2D eigenvalue weighted by molar-refractivity contribution is 0.253. The normalized spacial score (nSPS) is 10.3. The van der Waals surface area contributed by atoms with Crippen LogP contribution in [0.15, 0.2) is 24.3 Å². The van der Waals surface area contributed by atoms with Crippen LogP contribution in [-0.2, 0) is 6.54 Å². The molecule has 0 atom stereocenters. The maximum Gasteiger partial charge on any atom is 0.119 e. The van der Waals surface area contributed by atoms with E-state index in [0.717, 1.165) is 25.1 Å². The third kappa shape index (κ3) is 4.81. The first-order valence-corrected chi connectivity index (χ1v) is 5.34. The standard InChI is InChI=1S/C12H19NO2/c1-13-10-11-5-4-6-12(9-11)15-8-3-2-7-14/h4-6,9,13-14H,2-3,7-8,10H2,1H3. The Bertz CT molecular complexity index is 276. The fraction of sp³-hybridized carbons (Fsp3) is 0.500. The quantitative estimate of drug-likeness (QED) is 0.670. The zero-order valence-electron chi connectivity index (χ0n) is 9.20. The molecular formula is C12H19NO2. The fourth-order valence-corrected chi connectivity index (χ4v) is 1.35. The maximum absolute atomic E-state index is 8.61. The maximum atomic E-state index is 8.61. The lowest BCUT2D eigenvalue weighted by Crippen LogP contribution is -2.05. The summed E-state index contributed by atoms with van der Waals surface area (Å²) in [6.45, 7) is 1.76. The van der Waals surface area contributed by atoms with Crippen molar-refractivity contribution in [3.8, 4) is 5.75 Å². The molecule has 0 aromatic heterocycles. The summed E-state index contributed by atoms with van der Waals surface area (Å²) in [6, 6.07) is 8.05. The van der Waals surface area contributed by atoms with Crippen molar-refractivity contribution in [2.45, 2.75) is 19.4 Å². The van der Waals surface area contributed by atoms with E-state index in [1.165, 1.54) is 5.56 Å². The smallest absolute Gasteiger partial charge is 0.119 e. The van der Waals surface area contributed by atoms with Crippen LogP contribution in [0.3, 0.4) is 0 Å². The molecule has 0 amide bonds. The first-order chi connectivity index (χ1) is 7.36. The van der Waals surface area contributed by atoms with Crippen molar-refractivity contribution < 1.29 is 9.84 Å². The fourth-order valence-electron chi connectivity index (χ4n) is 1.35. The molecule has 0 aliphatic rings. The van der Waals surface area contributed by atoms with Gasteiger partial charge < -0.3 is 15.2 Å². The zero-order chi connectivity index (χ0) is 10.9. The predicted molar refractivity (Wildman–Crippen MR) is 61.0 cm³/mol. The molecule has 3 heteroatoms. The number of aliphatic hydroxyl groups excluding tert-OH is 1. The van der Waals surface area contributed by atoms with Gasteiger partial charge in [-0.2, -0.15) is 0 Å². The Morgan fingerprint density at radius 3 is 2.93 bits per heavy atom. The molecule has 84 valence electrons. The van der Waals surface area contributed by atoms with Gasteiger partial charge in [0.15, 0.2) is 0 Å². The second kappa shape index (κ2) is 7.26. The first-order valence-electron chi connectivity index (χ1n) is 5.34. The van der Waals surface area contributed by atoms with Crippen LogP contribution in [0.25, 0.3) is 0 Å². The Balaban J connectivity index is 2.36. The van der Waals surface area contributed by atoms with Gasteiger partial charge in [0.2, 0.25) is 0 Å². The SMILES string of the molecule is CNCc1cccc(OCCCCO)c1. The predicted octanol–water partition coefficient (Wildman–Crippen LogP) is 1.56. The summed E-state index contributed by atoms with van der Waals surface area (Å²) in [6.07, 6.45) is 1.70. The molecule has 3 nitrogen and oxygen atoms in total. The van der Waals surface area contributed by atoms with E-state index in [2.05, 4.69) is 11.4 Å². The summed E-state index contributed by atoms with van der Waals surface area (Å²) in [7, 11) is 1.93. The largest absolute Gasteiger partial charge is 0.494 e. The van der Waals surface area contributed by atoms with Crippen molar-refractivity contribution >= 4 is 0 Å². The lowest BCUT2D eigenvalue weighted by atomic mass is 10.2. The van der Waals surface area contributed by atoms with Crippen LogP contribution in [0.2, 0.25) is 0 Å². The van der Waals surface area contributed by atoms with Gasteiger partial charge in [0.1, 0.15) is 5.75 Å². The van der Waals surface area contributed by atoms with Gasteiger partial charge in [-0.15, -0.1) is 0 Å². The zero-order valence-corrected chi connectivity index (χ0v) is 9.20. The van der Waals surface area contributed by atoms with Gasteiger partial charge in [0, 0.05) is 13.2 Å². The van der Waals surface area contributed by atoms with E-state index in [0.29, 0.717) is 6.61 Å². The first kappa shape index (κ1) is 12.0. The number of benzene rings is 1. The molecule has 0 unspecified atom stereocenters. The summed E-state index contributed by atoms with van der Waals surface area (Å²) in [5.74, 6) is 0.903. The number of aliphatic hydroxyl groups is 1. The van der Waals surface area contributed by atoms with Gasteiger partial charge in [-0.1, -0.05) is 12.1 Å². The molecule has 0 aliphatic carbocycles. The van der Waals surface area contributed by atoms with Crippen molar-refractivity contribution in [1.82, 2.24) is 5.32 Å². The highest BCUT2D eigenvalue weighted by molar-refractivity contribution is 5.28. The highest BCUT2D eigenvalue weighted by Crippen LogP contribution is 2.13. The third-order valence-corrected chi connectivity index (χ3v) is 2.10. The minimum Gasteiger partial charge on any atom is -0.494 e. The molecule has 0 saturated heterocycles. The highest BCUT2D eigenvalue weighted by Gasteiger charge is 1.96. The topological polar surface area (TPSA) is 41.5 Å². The van der Waals surface area contributed by atoms with Crippen LogP contribution in [0.1, 0.15) is 18.4 Å². The average Bonchev–Trinajstić information content (AvgIpc) is 2.26. The lowest BCUT2D eigenvalue weighted by Gasteiger charge is -2.07. The van der Waals surface area contributed by atoms with Crippen molar-refractivity contribution in [3.05, 3.63) is 29.8 Å². The van der Waals surface area contributed by atoms with E-state index in [9.17, 15) is 0 Å². The number of unbranched alkanes of at least 4 members (excludes halogenated alkanes) is 1. The van der Waals surface area contributed by atoms with Gasteiger partial charge >= 0.3 is 0 Å². The molecular weight excluding hydrogens is 190 g/mol. The summed E-state index contributed by atoms with van der Waals surface area (Å²) in [5, 5.41) is 11.7. The van der Waals surface area contributed by atoms with E-state index in [1.807, 2.05) is 25.2 Å². The van der Waals surface area contributed by atoms with Crippen molar-refractivity contribution in [1.29, 1.82) is 0 Å². The van der Waals surface area contributed by atoms with E-state index >= 15 is 0 Å².